The van der Waals surface area contributed by atoms with Crippen molar-refractivity contribution in [1.82, 2.24) is 9.88 Å². The number of rotatable bonds is 5. The molecule has 2 aromatic rings. The first kappa shape index (κ1) is 17.9. The second-order valence-electron chi connectivity index (χ2n) is 7.64. The van der Waals surface area contributed by atoms with Gasteiger partial charge >= 0.3 is 0 Å². The Balaban J connectivity index is 1.31. The number of carbonyl (C=O) groups is 1. The Labute approximate surface area is 157 Å². The molecule has 27 heavy (non-hydrogen) atoms. The molecule has 1 aliphatic carbocycles. The average molecular weight is 370 g/mol. The van der Waals surface area contributed by atoms with Crippen LogP contribution in [0.15, 0.2) is 36.5 Å². The van der Waals surface area contributed by atoms with Gasteiger partial charge in [0, 0.05) is 13.1 Å². The summed E-state index contributed by atoms with van der Waals surface area (Å²) in [4.78, 5) is 18.5. The van der Waals surface area contributed by atoms with E-state index in [4.69, 9.17) is 4.74 Å². The summed E-state index contributed by atoms with van der Waals surface area (Å²) >= 11 is 0. The quantitative estimate of drug-likeness (QED) is 0.819. The van der Waals surface area contributed by atoms with Crippen LogP contribution in [0.25, 0.3) is 0 Å². The van der Waals surface area contributed by atoms with Crippen molar-refractivity contribution in [1.29, 1.82) is 0 Å². The molecule has 6 heteroatoms. The van der Waals surface area contributed by atoms with Crippen LogP contribution in [-0.4, -0.2) is 46.5 Å². The Kier molecular flexibility index (Phi) is 4.83. The van der Waals surface area contributed by atoms with Gasteiger partial charge in [-0.15, -0.1) is 0 Å². The van der Waals surface area contributed by atoms with Crippen molar-refractivity contribution in [2.75, 3.05) is 19.6 Å². The molecule has 5 nitrogen and oxygen atoms in total. The molecular weight excluding hydrogens is 347 g/mol. The summed E-state index contributed by atoms with van der Waals surface area (Å²) in [6, 6.07) is 8.27. The number of nitrogens with zero attached hydrogens (tertiary/aromatic N) is 2. The van der Waals surface area contributed by atoms with Crippen molar-refractivity contribution >= 4 is 5.78 Å². The molecule has 142 valence electrons. The number of ether oxygens (including phenoxy) is 1. The van der Waals surface area contributed by atoms with Gasteiger partial charge in [0.2, 0.25) is 0 Å². The second kappa shape index (κ2) is 7.27. The molecule has 1 aromatic carbocycles. The molecule has 1 aliphatic heterocycles. The van der Waals surface area contributed by atoms with Crippen LogP contribution in [0, 0.1) is 24.6 Å². The Morgan fingerprint density at radius 1 is 1.26 bits per heavy atom. The summed E-state index contributed by atoms with van der Waals surface area (Å²) in [7, 11) is 0. The number of hydrogen-bond acceptors (Lipinski definition) is 5. The van der Waals surface area contributed by atoms with E-state index in [0.29, 0.717) is 35.4 Å². The van der Waals surface area contributed by atoms with Crippen LogP contribution in [0.2, 0.25) is 0 Å². The van der Waals surface area contributed by atoms with E-state index >= 15 is 0 Å². The third-order valence-electron chi connectivity index (χ3n) is 5.63. The minimum atomic E-state index is -0.275. The molecule has 2 aliphatic rings. The number of aromatic nitrogens is 1. The average Bonchev–Trinajstić information content (AvgIpc) is 3.17. The fourth-order valence-electron chi connectivity index (χ4n) is 4.29. The van der Waals surface area contributed by atoms with E-state index in [0.717, 1.165) is 25.9 Å². The maximum atomic E-state index is 14.1. The van der Waals surface area contributed by atoms with Gasteiger partial charge in [-0.1, -0.05) is 12.1 Å². The summed E-state index contributed by atoms with van der Waals surface area (Å²) in [6.07, 6.45) is 3.10. The Hall–Kier alpha value is -2.47. The van der Waals surface area contributed by atoms with Gasteiger partial charge in [-0.25, -0.2) is 9.37 Å². The Morgan fingerprint density at radius 2 is 2.00 bits per heavy atom. The molecule has 2 heterocycles. The van der Waals surface area contributed by atoms with Crippen LogP contribution in [0.1, 0.15) is 28.9 Å². The standard InChI is InChI=1S/C21H23FN2O3/c1-13-3-2-4-20(21(13)22)27-17-7-14-10-24(11-15(14)8-17)12-19(26)18-6-5-16(25)9-23-18/h2-6,9,14-15,17,25H,7-8,10-12H2,1H3/t14-,15+,17+. The molecule has 1 N–H and O–H groups in total. The number of ketones is 1. The highest BCUT2D eigenvalue weighted by molar-refractivity contribution is 5.95. The zero-order valence-electron chi connectivity index (χ0n) is 15.3. The predicted molar refractivity (Wildman–Crippen MR) is 98.4 cm³/mol. The summed E-state index contributed by atoms with van der Waals surface area (Å²) in [5.74, 6) is 1.03. The first-order chi connectivity index (χ1) is 13.0. The molecule has 1 saturated heterocycles. The molecule has 1 saturated carbocycles. The van der Waals surface area contributed by atoms with Crippen molar-refractivity contribution in [3.8, 4) is 11.5 Å². The lowest BCUT2D eigenvalue weighted by molar-refractivity contribution is 0.0931. The Morgan fingerprint density at radius 3 is 2.67 bits per heavy atom. The number of halogens is 1. The van der Waals surface area contributed by atoms with Gasteiger partial charge in [0.05, 0.1) is 18.8 Å². The normalized spacial score (nSPS) is 24.7. The summed E-state index contributed by atoms with van der Waals surface area (Å²) in [5.41, 5.74) is 0.971. The molecule has 0 spiro atoms. The van der Waals surface area contributed by atoms with Gasteiger partial charge in [0.15, 0.2) is 17.3 Å². The lowest BCUT2D eigenvalue weighted by Crippen LogP contribution is -2.30. The molecule has 3 atom stereocenters. The molecule has 0 bridgehead atoms. The third-order valence-corrected chi connectivity index (χ3v) is 5.63. The minimum absolute atomic E-state index is 0.0351. The van der Waals surface area contributed by atoms with Gasteiger partial charge in [-0.3, -0.25) is 9.69 Å². The maximum Gasteiger partial charge on any atom is 0.195 e. The fourth-order valence-corrected chi connectivity index (χ4v) is 4.29. The van der Waals surface area contributed by atoms with Gasteiger partial charge in [-0.05, 0) is 55.4 Å². The lowest BCUT2D eigenvalue weighted by atomic mass is 10.0. The molecule has 1 aromatic heterocycles. The van der Waals surface area contributed by atoms with Crippen LogP contribution in [0.3, 0.4) is 0 Å². The van der Waals surface area contributed by atoms with E-state index in [2.05, 4.69) is 9.88 Å². The van der Waals surface area contributed by atoms with Crippen LogP contribution in [0.4, 0.5) is 4.39 Å². The van der Waals surface area contributed by atoms with Crippen LogP contribution < -0.4 is 4.74 Å². The second-order valence-corrected chi connectivity index (χ2v) is 7.64. The first-order valence-electron chi connectivity index (χ1n) is 9.32. The van der Waals surface area contributed by atoms with E-state index in [1.165, 1.54) is 12.3 Å². The number of hydrogen-bond donors (Lipinski definition) is 1. The van der Waals surface area contributed by atoms with Crippen molar-refractivity contribution in [2.45, 2.75) is 25.9 Å². The number of aromatic hydroxyl groups is 1. The summed E-state index contributed by atoms with van der Waals surface area (Å²) in [5, 5.41) is 9.27. The van der Waals surface area contributed by atoms with Gasteiger partial charge in [-0.2, -0.15) is 0 Å². The van der Waals surface area contributed by atoms with Crippen molar-refractivity contribution in [3.05, 3.63) is 53.6 Å². The van der Waals surface area contributed by atoms with Crippen molar-refractivity contribution < 1.29 is 19.0 Å². The SMILES string of the molecule is Cc1cccc(O[C@H]2C[C@@H]3CN(CC(=O)c4ccc(O)cn4)C[C@@H]3C2)c1F. The van der Waals surface area contributed by atoms with E-state index in [1.54, 1.807) is 25.1 Å². The van der Waals surface area contributed by atoms with Crippen LogP contribution >= 0.6 is 0 Å². The van der Waals surface area contributed by atoms with E-state index < -0.39 is 0 Å². The zero-order valence-corrected chi connectivity index (χ0v) is 15.3. The van der Waals surface area contributed by atoms with Crippen LogP contribution in [-0.2, 0) is 0 Å². The number of pyridine rings is 1. The monoisotopic (exact) mass is 370 g/mol. The lowest BCUT2D eigenvalue weighted by Gasteiger charge is -2.19. The van der Waals surface area contributed by atoms with E-state index in [-0.39, 0.29) is 23.5 Å². The number of fused-ring (bicyclic) bond motifs is 1. The highest BCUT2D eigenvalue weighted by atomic mass is 19.1. The highest BCUT2D eigenvalue weighted by Crippen LogP contribution is 2.40. The summed E-state index contributed by atoms with van der Waals surface area (Å²) in [6.45, 7) is 3.78. The van der Waals surface area contributed by atoms with E-state index in [9.17, 15) is 14.3 Å². The first-order valence-corrected chi connectivity index (χ1v) is 9.32. The number of carbonyl (C=O) groups excluding carboxylic acids is 1. The topological polar surface area (TPSA) is 62.7 Å². The fraction of sp³-hybridized carbons (Fsp3) is 0.429. The van der Waals surface area contributed by atoms with E-state index in [1.807, 2.05) is 6.07 Å². The largest absolute Gasteiger partial charge is 0.506 e. The predicted octanol–water partition coefficient (Wildman–Crippen LogP) is 3.21. The molecular formula is C21H23FN2O3. The van der Waals surface area contributed by atoms with Crippen LogP contribution in [0.5, 0.6) is 11.5 Å². The summed E-state index contributed by atoms with van der Waals surface area (Å²) < 4.78 is 20.1. The van der Waals surface area contributed by atoms with Gasteiger partial charge < -0.3 is 9.84 Å². The van der Waals surface area contributed by atoms with Crippen molar-refractivity contribution in [2.24, 2.45) is 11.8 Å². The minimum Gasteiger partial charge on any atom is -0.506 e. The molecule has 0 radical (unpaired) electrons. The maximum absolute atomic E-state index is 14.1. The van der Waals surface area contributed by atoms with Crippen molar-refractivity contribution in [3.63, 3.8) is 0 Å². The molecule has 4 rings (SSSR count). The third kappa shape index (κ3) is 3.81. The Bertz CT molecular complexity index is 826. The molecule has 0 amide bonds. The molecule has 0 unspecified atom stereocenters. The number of benzene rings is 1. The smallest absolute Gasteiger partial charge is 0.195 e. The number of Topliss-reactive ketones (excluding diaryl/α,β-unsaturated/α-hetero) is 1. The zero-order chi connectivity index (χ0) is 19.0. The van der Waals surface area contributed by atoms with Gasteiger partial charge in [0.1, 0.15) is 11.4 Å². The number of aryl methyl sites for hydroxylation is 1. The highest BCUT2D eigenvalue weighted by Gasteiger charge is 2.42. The molecule has 2 fully saturated rings. The number of likely N-dealkylation sites (tertiary alicyclic amines) is 1. The van der Waals surface area contributed by atoms with Gasteiger partial charge in [0.25, 0.3) is 0 Å².